The molecule has 29 heavy (non-hydrogen) atoms. The predicted molar refractivity (Wildman–Crippen MR) is 133 cm³/mol. The Labute approximate surface area is 201 Å². The van der Waals surface area contributed by atoms with Gasteiger partial charge in [0.15, 0.2) is 5.96 Å². The van der Waals surface area contributed by atoms with Gasteiger partial charge in [-0.3, -0.25) is 9.69 Å². The van der Waals surface area contributed by atoms with Crippen LogP contribution in [0.25, 0.3) is 0 Å². The number of benzene rings is 1. The Hall–Kier alpha value is -0.770. The van der Waals surface area contributed by atoms with Gasteiger partial charge in [0.1, 0.15) is 6.54 Å². The second kappa shape index (κ2) is 13.5. The van der Waals surface area contributed by atoms with Gasteiger partial charge in [-0.15, -0.1) is 24.0 Å². The molecule has 1 heterocycles. The number of hydrogen-bond donors (Lipinski definition) is 2. The van der Waals surface area contributed by atoms with E-state index in [1.807, 2.05) is 12.1 Å². The topological polar surface area (TPSA) is 60.0 Å². The minimum Gasteiger partial charge on any atom is -0.356 e. The van der Waals surface area contributed by atoms with Crippen molar-refractivity contribution in [3.8, 4) is 0 Å². The van der Waals surface area contributed by atoms with Crippen LogP contribution in [0.4, 0.5) is 0 Å². The number of halogens is 3. The van der Waals surface area contributed by atoms with Crippen LogP contribution in [0.15, 0.2) is 23.2 Å². The third-order valence-corrected chi connectivity index (χ3v) is 5.11. The van der Waals surface area contributed by atoms with Gasteiger partial charge in [-0.1, -0.05) is 30.1 Å². The van der Waals surface area contributed by atoms with Crippen molar-refractivity contribution in [2.45, 2.75) is 38.8 Å². The van der Waals surface area contributed by atoms with Crippen molar-refractivity contribution in [2.24, 2.45) is 4.99 Å². The maximum Gasteiger partial charge on any atom is 0.243 e. The molecule has 0 saturated carbocycles. The highest BCUT2D eigenvalue weighted by molar-refractivity contribution is 14.0. The van der Waals surface area contributed by atoms with Crippen LogP contribution in [-0.2, 0) is 11.3 Å². The lowest BCUT2D eigenvalue weighted by Crippen LogP contribution is -2.49. The number of nitrogens with one attached hydrogen (secondary N) is 2. The fraction of sp³-hybridized carbons (Fsp3) is 0.600. The van der Waals surface area contributed by atoms with Crippen LogP contribution in [0.1, 0.15) is 31.7 Å². The number of guanidine groups is 1. The van der Waals surface area contributed by atoms with Crippen molar-refractivity contribution >= 4 is 59.0 Å². The molecule has 0 unspecified atom stereocenters. The monoisotopic (exact) mass is 555 g/mol. The first-order valence-electron chi connectivity index (χ1n) is 9.79. The predicted octanol–water partition coefficient (Wildman–Crippen LogP) is 3.61. The van der Waals surface area contributed by atoms with Crippen LogP contribution in [0.5, 0.6) is 0 Å². The van der Waals surface area contributed by atoms with E-state index in [1.165, 1.54) is 0 Å². The van der Waals surface area contributed by atoms with E-state index in [2.05, 4.69) is 27.4 Å². The van der Waals surface area contributed by atoms with E-state index in [0.29, 0.717) is 16.1 Å². The fourth-order valence-electron chi connectivity index (χ4n) is 3.07. The standard InChI is InChI=1S/C20H31Cl2N5O.HI/c1-4-7-23-20(24-13-19(28)26(2)3)25-18-5-8-27(9-6-18)14-15-10-16(21)12-17(22)11-15;/h10-12,18H,4-9,13-14H2,1-3H3,(H2,23,24,25);1H. The van der Waals surface area contributed by atoms with E-state index in [-0.39, 0.29) is 36.4 Å². The largest absolute Gasteiger partial charge is 0.356 e. The molecule has 164 valence electrons. The van der Waals surface area contributed by atoms with E-state index in [9.17, 15) is 4.79 Å². The van der Waals surface area contributed by atoms with E-state index in [0.717, 1.165) is 57.0 Å². The number of rotatable bonds is 7. The molecule has 0 radical (unpaired) electrons. The fourth-order valence-corrected chi connectivity index (χ4v) is 3.64. The molecular formula is C20H32Cl2IN5O. The molecule has 1 aliphatic heterocycles. The molecule has 1 aliphatic rings. The number of carbonyl (C=O) groups is 1. The molecule has 1 fully saturated rings. The summed E-state index contributed by atoms with van der Waals surface area (Å²) in [7, 11) is 3.49. The number of aliphatic imine (C=N–C) groups is 1. The van der Waals surface area contributed by atoms with E-state index in [1.54, 1.807) is 25.1 Å². The summed E-state index contributed by atoms with van der Waals surface area (Å²) in [4.78, 5) is 20.2. The summed E-state index contributed by atoms with van der Waals surface area (Å²) >= 11 is 12.2. The smallest absolute Gasteiger partial charge is 0.243 e. The van der Waals surface area contributed by atoms with Crippen LogP contribution in [0.2, 0.25) is 10.0 Å². The highest BCUT2D eigenvalue weighted by Gasteiger charge is 2.20. The average Bonchev–Trinajstić information content (AvgIpc) is 2.64. The zero-order valence-corrected chi connectivity index (χ0v) is 21.2. The summed E-state index contributed by atoms with van der Waals surface area (Å²) in [5.74, 6) is 0.713. The Morgan fingerprint density at radius 3 is 2.38 bits per heavy atom. The molecule has 0 aromatic heterocycles. The van der Waals surface area contributed by atoms with Gasteiger partial charge in [0.2, 0.25) is 5.91 Å². The number of likely N-dealkylation sites (N-methyl/N-ethyl adjacent to an activating group) is 1. The number of nitrogens with zero attached hydrogens (tertiary/aromatic N) is 3. The van der Waals surface area contributed by atoms with Gasteiger partial charge < -0.3 is 15.5 Å². The van der Waals surface area contributed by atoms with Crippen molar-refractivity contribution in [3.05, 3.63) is 33.8 Å². The average molecular weight is 556 g/mol. The number of hydrogen-bond acceptors (Lipinski definition) is 3. The van der Waals surface area contributed by atoms with Crippen molar-refractivity contribution in [1.82, 2.24) is 20.4 Å². The van der Waals surface area contributed by atoms with Gasteiger partial charge in [-0.2, -0.15) is 0 Å². The maximum absolute atomic E-state index is 11.8. The second-order valence-corrected chi connectivity index (χ2v) is 8.23. The van der Waals surface area contributed by atoms with E-state index >= 15 is 0 Å². The van der Waals surface area contributed by atoms with Gasteiger partial charge in [0.25, 0.3) is 0 Å². The van der Waals surface area contributed by atoms with E-state index in [4.69, 9.17) is 23.2 Å². The third kappa shape index (κ3) is 9.72. The minimum atomic E-state index is -0.00685. The van der Waals surface area contributed by atoms with Crippen LogP contribution in [0, 0.1) is 0 Å². The number of piperidine rings is 1. The lowest BCUT2D eigenvalue weighted by molar-refractivity contribution is -0.127. The summed E-state index contributed by atoms with van der Waals surface area (Å²) in [6, 6.07) is 6.04. The summed E-state index contributed by atoms with van der Waals surface area (Å²) < 4.78 is 0. The Balaban J connectivity index is 0.00000420. The lowest BCUT2D eigenvalue weighted by atomic mass is 10.0. The molecule has 0 spiro atoms. The summed E-state index contributed by atoms with van der Waals surface area (Å²) in [5.41, 5.74) is 1.14. The first-order chi connectivity index (χ1) is 13.4. The van der Waals surface area contributed by atoms with Gasteiger partial charge in [-0.05, 0) is 43.0 Å². The minimum absolute atomic E-state index is 0. The first kappa shape index (κ1) is 26.3. The number of likely N-dealkylation sites (tertiary alicyclic amines) is 1. The molecule has 1 saturated heterocycles. The Morgan fingerprint density at radius 1 is 1.21 bits per heavy atom. The highest BCUT2D eigenvalue weighted by Crippen LogP contribution is 2.21. The maximum atomic E-state index is 11.8. The van der Waals surface area contributed by atoms with Crippen LogP contribution in [0.3, 0.4) is 0 Å². The first-order valence-corrected chi connectivity index (χ1v) is 10.5. The number of carbonyl (C=O) groups excluding carboxylic acids is 1. The molecule has 6 nitrogen and oxygen atoms in total. The van der Waals surface area contributed by atoms with Crippen molar-refractivity contribution in [2.75, 3.05) is 40.3 Å². The molecule has 0 atom stereocenters. The van der Waals surface area contributed by atoms with Crippen LogP contribution in [-0.4, -0.2) is 68.0 Å². The molecule has 2 rings (SSSR count). The van der Waals surface area contributed by atoms with E-state index < -0.39 is 0 Å². The molecular weight excluding hydrogens is 524 g/mol. The second-order valence-electron chi connectivity index (χ2n) is 7.35. The normalized spacial score (nSPS) is 15.6. The van der Waals surface area contributed by atoms with Crippen LogP contribution < -0.4 is 10.6 Å². The van der Waals surface area contributed by atoms with Gasteiger partial charge in [0, 0.05) is 56.4 Å². The molecule has 1 amide bonds. The quantitative estimate of drug-likeness (QED) is 0.306. The van der Waals surface area contributed by atoms with Crippen LogP contribution >= 0.6 is 47.2 Å². The molecule has 1 aromatic rings. The molecule has 9 heteroatoms. The summed E-state index contributed by atoms with van der Waals surface area (Å²) in [6.45, 7) is 5.91. The molecule has 0 bridgehead atoms. The zero-order valence-electron chi connectivity index (χ0n) is 17.4. The van der Waals surface area contributed by atoms with Gasteiger partial charge in [-0.25, -0.2) is 4.99 Å². The van der Waals surface area contributed by atoms with Crippen molar-refractivity contribution < 1.29 is 4.79 Å². The Bertz CT molecular complexity index is 659. The van der Waals surface area contributed by atoms with Gasteiger partial charge in [0.05, 0.1) is 0 Å². The van der Waals surface area contributed by atoms with Crippen molar-refractivity contribution in [1.29, 1.82) is 0 Å². The number of amides is 1. The lowest BCUT2D eigenvalue weighted by Gasteiger charge is -2.33. The van der Waals surface area contributed by atoms with Crippen molar-refractivity contribution in [3.63, 3.8) is 0 Å². The highest BCUT2D eigenvalue weighted by atomic mass is 127. The third-order valence-electron chi connectivity index (χ3n) is 4.67. The molecule has 1 aromatic carbocycles. The summed E-state index contributed by atoms with van der Waals surface area (Å²) in [5, 5.41) is 8.14. The zero-order chi connectivity index (χ0) is 20.5. The Morgan fingerprint density at radius 2 is 1.83 bits per heavy atom. The SMILES string of the molecule is CCCNC(=NCC(=O)N(C)C)NC1CCN(Cc2cc(Cl)cc(Cl)c2)CC1.I. The summed E-state index contributed by atoms with van der Waals surface area (Å²) in [6.07, 6.45) is 3.04. The Kier molecular flexibility index (Phi) is 12.2. The molecule has 2 N–H and O–H groups in total. The van der Waals surface area contributed by atoms with Gasteiger partial charge >= 0.3 is 0 Å². The molecule has 0 aliphatic carbocycles.